The molecule has 1 N–H and O–H groups in total. The predicted octanol–water partition coefficient (Wildman–Crippen LogP) is 2.73. The van der Waals surface area contributed by atoms with E-state index in [1.807, 2.05) is 20.8 Å². The molecule has 1 heterocycles. The monoisotopic (exact) mass is 309 g/mol. The third-order valence-corrected chi connectivity index (χ3v) is 3.87. The Morgan fingerprint density at radius 1 is 1.41 bits per heavy atom. The van der Waals surface area contributed by atoms with Crippen LogP contribution in [-0.4, -0.2) is 33.4 Å². The van der Waals surface area contributed by atoms with Crippen molar-refractivity contribution in [2.24, 2.45) is 5.92 Å². The number of rotatable bonds is 4. The fourth-order valence-corrected chi connectivity index (χ4v) is 2.82. The van der Waals surface area contributed by atoms with E-state index in [0.717, 1.165) is 12.2 Å². The number of nitrogens with zero attached hydrogens (tertiary/aromatic N) is 2. The lowest BCUT2D eigenvalue weighted by Gasteiger charge is -2.24. The highest BCUT2D eigenvalue weighted by Gasteiger charge is 2.21. The van der Waals surface area contributed by atoms with Gasteiger partial charge in [-0.2, -0.15) is 0 Å². The molecule has 0 aromatic carbocycles. The molecule has 0 aliphatic heterocycles. The zero-order valence-corrected chi connectivity index (χ0v) is 14.0. The molecular formula is C16H27N3O3. The second-order valence-electron chi connectivity index (χ2n) is 7.22. The van der Waals surface area contributed by atoms with Gasteiger partial charge in [-0.15, -0.1) is 0 Å². The van der Waals surface area contributed by atoms with Crippen molar-refractivity contribution in [1.29, 1.82) is 0 Å². The van der Waals surface area contributed by atoms with Gasteiger partial charge < -0.3 is 9.64 Å². The Balaban J connectivity index is 1.95. The highest BCUT2D eigenvalue weighted by Crippen LogP contribution is 2.25. The van der Waals surface area contributed by atoms with Crippen LogP contribution in [0.1, 0.15) is 52.1 Å². The first-order chi connectivity index (χ1) is 10.2. The Hall–Kier alpha value is -1.72. The minimum Gasteiger partial charge on any atom is -0.444 e. The second kappa shape index (κ2) is 6.58. The van der Waals surface area contributed by atoms with Crippen LogP contribution in [-0.2, 0) is 17.8 Å². The second-order valence-corrected chi connectivity index (χ2v) is 7.22. The number of amides is 1. The van der Waals surface area contributed by atoms with E-state index in [0.29, 0.717) is 12.5 Å². The molecule has 22 heavy (non-hydrogen) atoms. The summed E-state index contributed by atoms with van der Waals surface area (Å²) in [7, 11) is 1.67. The smallest absolute Gasteiger partial charge is 0.410 e. The summed E-state index contributed by atoms with van der Waals surface area (Å²) in [6.45, 7) is 6.58. The minimum atomic E-state index is -0.521. The van der Waals surface area contributed by atoms with E-state index in [9.17, 15) is 9.59 Å². The summed E-state index contributed by atoms with van der Waals surface area (Å²) in [5, 5.41) is 3.11. The van der Waals surface area contributed by atoms with Crippen LogP contribution in [0.3, 0.4) is 0 Å². The molecule has 1 aromatic rings. The Morgan fingerprint density at radius 2 is 2.05 bits per heavy atom. The number of carbonyl (C=O) groups excluding carboxylic acids is 1. The van der Waals surface area contributed by atoms with Gasteiger partial charge in [-0.1, -0.05) is 12.8 Å². The number of aromatic amines is 1. The molecule has 1 fully saturated rings. The summed E-state index contributed by atoms with van der Waals surface area (Å²) >= 11 is 0. The van der Waals surface area contributed by atoms with Crippen LogP contribution in [0.5, 0.6) is 0 Å². The molecular weight excluding hydrogens is 282 g/mol. The van der Waals surface area contributed by atoms with Gasteiger partial charge in [0.15, 0.2) is 0 Å². The molecule has 1 aromatic heterocycles. The molecule has 124 valence electrons. The zero-order chi connectivity index (χ0) is 16.3. The maximum atomic E-state index is 12.0. The van der Waals surface area contributed by atoms with Crippen molar-refractivity contribution in [2.45, 2.75) is 65.1 Å². The minimum absolute atomic E-state index is 0.0283. The summed E-state index contributed by atoms with van der Waals surface area (Å²) in [6.07, 6.45) is 4.51. The fraction of sp³-hybridized carbons (Fsp3) is 0.750. The number of carbonyl (C=O) groups is 1. The van der Waals surface area contributed by atoms with Crippen molar-refractivity contribution in [1.82, 2.24) is 14.7 Å². The maximum Gasteiger partial charge on any atom is 0.410 e. The largest absolute Gasteiger partial charge is 0.444 e. The number of nitrogens with one attached hydrogen (secondary N) is 1. The SMILES string of the molecule is CN(Cc1cc(=O)n(CC2CCCC2)[nH]1)C(=O)OC(C)(C)C. The number of hydrogen-bond donors (Lipinski definition) is 1. The lowest BCUT2D eigenvalue weighted by molar-refractivity contribution is 0.0283. The molecule has 0 saturated heterocycles. The average molecular weight is 309 g/mol. The van der Waals surface area contributed by atoms with Crippen LogP contribution in [0.15, 0.2) is 10.9 Å². The molecule has 1 saturated carbocycles. The van der Waals surface area contributed by atoms with Crippen molar-refractivity contribution in [3.8, 4) is 0 Å². The van der Waals surface area contributed by atoms with Crippen LogP contribution >= 0.6 is 0 Å². The van der Waals surface area contributed by atoms with Gasteiger partial charge in [0.1, 0.15) is 5.60 Å². The van der Waals surface area contributed by atoms with E-state index >= 15 is 0 Å². The molecule has 0 spiro atoms. The molecule has 0 unspecified atom stereocenters. The van der Waals surface area contributed by atoms with Gasteiger partial charge in [-0.05, 0) is 39.5 Å². The summed E-state index contributed by atoms with van der Waals surface area (Å²) in [5.74, 6) is 0.591. The first-order valence-electron chi connectivity index (χ1n) is 7.97. The summed E-state index contributed by atoms with van der Waals surface area (Å²) in [4.78, 5) is 25.4. The number of ether oxygens (including phenoxy) is 1. The summed E-state index contributed by atoms with van der Waals surface area (Å²) < 4.78 is 6.97. The molecule has 0 atom stereocenters. The molecule has 6 heteroatoms. The third-order valence-electron chi connectivity index (χ3n) is 3.87. The highest BCUT2D eigenvalue weighted by atomic mass is 16.6. The van der Waals surface area contributed by atoms with Crippen molar-refractivity contribution in [2.75, 3.05) is 7.05 Å². The highest BCUT2D eigenvalue weighted by molar-refractivity contribution is 5.67. The molecule has 6 nitrogen and oxygen atoms in total. The average Bonchev–Trinajstić information content (AvgIpc) is 2.99. The third kappa shape index (κ3) is 4.64. The first kappa shape index (κ1) is 16.6. The zero-order valence-electron chi connectivity index (χ0n) is 14.0. The number of aromatic nitrogens is 2. The normalized spacial score (nSPS) is 16.0. The number of hydrogen-bond acceptors (Lipinski definition) is 3. The fourth-order valence-electron chi connectivity index (χ4n) is 2.82. The predicted molar refractivity (Wildman–Crippen MR) is 84.7 cm³/mol. The number of H-pyrrole nitrogens is 1. The van der Waals surface area contributed by atoms with E-state index < -0.39 is 11.7 Å². The summed E-state index contributed by atoms with van der Waals surface area (Å²) in [5.41, 5.74) is 0.184. The Bertz CT molecular complexity index is 562. The Morgan fingerprint density at radius 3 is 2.64 bits per heavy atom. The molecule has 0 radical (unpaired) electrons. The van der Waals surface area contributed by atoms with E-state index in [1.54, 1.807) is 17.8 Å². The maximum absolute atomic E-state index is 12.0. The van der Waals surface area contributed by atoms with Gasteiger partial charge in [-0.25, -0.2) is 4.79 Å². The Labute approximate surface area is 131 Å². The van der Waals surface area contributed by atoms with Gasteiger partial charge in [-0.3, -0.25) is 14.6 Å². The van der Waals surface area contributed by atoms with Gasteiger partial charge >= 0.3 is 6.09 Å². The van der Waals surface area contributed by atoms with Crippen molar-refractivity contribution >= 4 is 6.09 Å². The van der Waals surface area contributed by atoms with Crippen LogP contribution in [0.4, 0.5) is 4.79 Å². The van der Waals surface area contributed by atoms with Crippen molar-refractivity contribution in [3.63, 3.8) is 0 Å². The van der Waals surface area contributed by atoms with Crippen molar-refractivity contribution < 1.29 is 9.53 Å². The van der Waals surface area contributed by atoms with Crippen LogP contribution < -0.4 is 5.56 Å². The van der Waals surface area contributed by atoms with Crippen LogP contribution in [0.2, 0.25) is 0 Å². The van der Waals surface area contributed by atoms with Gasteiger partial charge in [0.2, 0.25) is 0 Å². The molecule has 2 rings (SSSR count). The molecule has 0 bridgehead atoms. The van der Waals surface area contributed by atoms with E-state index in [-0.39, 0.29) is 5.56 Å². The van der Waals surface area contributed by atoms with Crippen LogP contribution in [0, 0.1) is 5.92 Å². The van der Waals surface area contributed by atoms with Crippen molar-refractivity contribution in [3.05, 3.63) is 22.1 Å². The molecule has 1 aliphatic carbocycles. The molecule has 1 aliphatic rings. The lowest BCUT2D eigenvalue weighted by atomic mass is 10.1. The Kier molecular flexibility index (Phi) is 4.98. The van der Waals surface area contributed by atoms with E-state index in [1.165, 1.54) is 30.6 Å². The standard InChI is InChI=1S/C16H27N3O3/c1-16(2,3)22-15(21)18(4)11-13-9-14(20)19(17-13)10-12-7-5-6-8-12/h9,12,17H,5-8,10-11H2,1-4H3. The van der Waals surface area contributed by atoms with Gasteiger partial charge in [0, 0.05) is 19.7 Å². The topological polar surface area (TPSA) is 67.3 Å². The van der Waals surface area contributed by atoms with E-state index in [4.69, 9.17) is 4.74 Å². The van der Waals surface area contributed by atoms with Gasteiger partial charge in [0.25, 0.3) is 5.56 Å². The first-order valence-corrected chi connectivity index (χ1v) is 7.97. The quantitative estimate of drug-likeness (QED) is 0.930. The van der Waals surface area contributed by atoms with Gasteiger partial charge in [0.05, 0.1) is 12.2 Å². The van der Waals surface area contributed by atoms with E-state index in [2.05, 4.69) is 5.10 Å². The lowest BCUT2D eigenvalue weighted by Crippen LogP contribution is -2.33. The summed E-state index contributed by atoms with van der Waals surface area (Å²) in [6, 6.07) is 1.57. The van der Waals surface area contributed by atoms with Crippen LogP contribution in [0.25, 0.3) is 0 Å². The molecule has 1 amide bonds.